The second-order valence-electron chi connectivity index (χ2n) is 7.21. The van der Waals surface area contributed by atoms with Crippen molar-refractivity contribution in [1.82, 2.24) is 15.6 Å². The number of aromatic nitrogens is 1. The van der Waals surface area contributed by atoms with E-state index in [-0.39, 0.29) is 11.8 Å². The molecule has 1 atom stereocenters. The van der Waals surface area contributed by atoms with Crippen molar-refractivity contribution in [3.05, 3.63) is 93.8 Å². The summed E-state index contributed by atoms with van der Waals surface area (Å²) in [4.78, 5) is 29.5. The SMILES string of the molecule is Cc1ccccc1CNC(=O)C(Cc1c[nH]c2ccccc12)NC(=O)c1cccs1. The molecule has 30 heavy (non-hydrogen) atoms. The van der Waals surface area contributed by atoms with E-state index in [1.165, 1.54) is 11.3 Å². The van der Waals surface area contributed by atoms with Gasteiger partial charge in [0.15, 0.2) is 0 Å². The molecule has 0 radical (unpaired) electrons. The minimum Gasteiger partial charge on any atom is -0.361 e. The van der Waals surface area contributed by atoms with Crippen LogP contribution in [0, 0.1) is 6.92 Å². The molecular formula is C24H23N3O2S. The Morgan fingerprint density at radius 3 is 2.60 bits per heavy atom. The van der Waals surface area contributed by atoms with Crippen LogP contribution in [0.3, 0.4) is 0 Å². The molecule has 0 spiro atoms. The molecule has 2 aromatic heterocycles. The number of fused-ring (bicyclic) bond motifs is 1. The number of aryl methyl sites for hydroxylation is 1. The van der Waals surface area contributed by atoms with Crippen LogP contribution in [0.2, 0.25) is 0 Å². The molecule has 0 saturated heterocycles. The van der Waals surface area contributed by atoms with Crippen molar-refractivity contribution >= 4 is 34.1 Å². The third kappa shape index (κ3) is 4.44. The molecule has 6 heteroatoms. The molecule has 2 amide bonds. The zero-order chi connectivity index (χ0) is 20.9. The predicted molar refractivity (Wildman–Crippen MR) is 121 cm³/mol. The maximum Gasteiger partial charge on any atom is 0.262 e. The average molecular weight is 418 g/mol. The summed E-state index contributed by atoms with van der Waals surface area (Å²) in [5.41, 5.74) is 4.18. The third-order valence-electron chi connectivity index (χ3n) is 5.18. The maximum atomic E-state index is 13.1. The summed E-state index contributed by atoms with van der Waals surface area (Å²) in [6.45, 7) is 2.44. The van der Waals surface area contributed by atoms with E-state index in [9.17, 15) is 9.59 Å². The van der Waals surface area contributed by atoms with E-state index in [1.807, 2.05) is 73.1 Å². The van der Waals surface area contributed by atoms with Crippen LogP contribution in [0.25, 0.3) is 10.9 Å². The number of carbonyl (C=O) groups excluding carboxylic acids is 2. The average Bonchev–Trinajstić information content (AvgIpc) is 3.43. The van der Waals surface area contributed by atoms with Gasteiger partial charge in [-0.1, -0.05) is 48.5 Å². The Bertz CT molecular complexity index is 1160. The Kier molecular flexibility index (Phi) is 5.95. The molecule has 2 aromatic carbocycles. The highest BCUT2D eigenvalue weighted by atomic mass is 32.1. The molecule has 5 nitrogen and oxygen atoms in total. The first kappa shape index (κ1) is 19.9. The summed E-state index contributed by atoms with van der Waals surface area (Å²) < 4.78 is 0. The lowest BCUT2D eigenvalue weighted by Gasteiger charge is -2.18. The van der Waals surface area contributed by atoms with E-state index in [2.05, 4.69) is 15.6 Å². The van der Waals surface area contributed by atoms with Crippen LogP contribution in [0.4, 0.5) is 0 Å². The number of benzene rings is 2. The van der Waals surface area contributed by atoms with Crippen LogP contribution in [0.1, 0.15) is 26.4 Å². The first-order valence-electron chi connectivity index (χ1n) is 9.83. The van der Waals surface area contributed by atoms with Crippen LogP contribution in [-0.4, -0.2) is 22.8 Å². The Morgan fingerprint density at radius 1 is 1.00 bits per heavy atom. The Balaban J connectivity index is 1.53. The maximum absolute atomic E-state index is 13.1. The van der Waals surface area contributed by atoms with Crippen molar-refractivity contribution in [3.63, 3.8) is 0 Å². The molecule has 0 aliphatic heterocycles. The normalized spacial score (nSPS) is 11.9. The van der Waals surface area contributed by atoms with E-state index in [0.717, 1.165) is 27.6 Å². The van der Waals surface area contributed by atoms with Gasteiger partial charge in [0, 0.05) is 30.1 Å². The number of H-pyrrole nitrogens is 1. The van der Waals surface area contributed by atoms with Crippen LogP contribution in [-0.2, 0) is 17.8 Å². The lowest BCUT2D eigenvalue weighted by Crippen LogP contribution is -2.47. The molecule has 3 N–H and O–H groups in total. The fourth-order valence-corrected chi connectivity index (χ4v) is 4.11. The third-order valence-corrected chi connectivity index (χ3v) is 6.05. The number of aromatic amines is 1. The number of carbonyl (C=O) groups is 2. The highest BCUT2D eigenvalue weighted by molar-refractivity contribution is 7.12. The van der Waals surface area contributed by atoms with Gasteiger partial charge in [0.2, 0.25) is 5.91 Å². The standard InChI is InChI=1S/C24H23N3O2S/c1-16-7-2-3-8-17(16)14-26-23(28)21(27-24(29)22-11-6-12-30-22)13-18-15-25-20-10-5-4-9-19(18)20/h2-12,15,21,25H,13-14H2,1H3,(H,26,28)(H,27,29). The number of thiophene rings is 1. The number of para-hydroxylation sites is 1. The van der Waals surface area contributed by atoms with Crippen molar-refractivity contribution in [2.45, 2.75) is 25.9 Å². The smallest absolute Gasteiger partial charge is 0.262 e. The van der Waals surface area contributed by atoms with Crippen molar-refractivity contribution in [1.29, 1.82) is 0 Å². The van der Waals surface area contributed by atoms with E-state index in [4.69, 9.17) is 0 Å². The summed E-state index contributed by atoms with van der Waals surface area (Å²) >= 11 is 1.36. The fraction of sp³-hybridized carbons (Fsp3) is 0.167. The number of nitrogens with one attached hydrogen (secondary N) is 3. The minimum atomic E-state index is -0.678. The molecule has 2 heterocycles. The first-order chi connectivity index (χ1) is 14.6. The van der Waals surface area contributed by atoms with Crippen LogP contribution in [0.5, 0.6) is 0 Å². The summed E-state index contributed by atoms with van der Waals surface area (Å²) in [5, 5.41) is 8.81. The van der Waals surface area contributed by atoms with Gasteiger partial charge in [-0.3, -0.25) is 9.59 Å². The van der Waals surface area contributed by atoms with E-state index < -0.39 is 6.04 Å². The molecular weight excluding hydrogens is 394 g/mol. The summed E-state index contributed by atoms with van der Waals surface area (Å²) in [6.07, 6.45) is 2.31. The Morgan fingerprint density at radius 2 is 1.80 bits per heavy atom. The van der Waals surface area contributed by atoms with Crippen LogP contribution < -0.4 is 10.6 Å². The highest BCUT2D eigenvalue weighted by Gasteiger charge is 2.23. The van der Waals surface area contributed by atoms with Gasteiger partial charge < -0.3 is 15.6 Å². The van der Waals surface area contributed by atoms with Crippen LogP contribution >= 0.6 is 11.3 Å². The predicted octanol–water partition coefficient (Wildman–Crippen LogP) is 4.20. The summed E-state index contributed by atoms with van der Waals surface area (Å²) in [7, 11) is 0. The first-order valence-corrected chi connectivity index (χ1v) is 10.7. The van der Waals surface area contributed by atoms with Crippen molar-refractivity contribution in [2.24, 2.45) is 0 Å². The van der Waals surface area contributed by atoms with Gasteiger partial charge in [-0.25, -0.2) is 0 Å². The number of hydrogen-bond acceptors (Lipinski definition) is 3. The Labute approximate surface area is 179 Å². The highest BCUT2D eigenvalue weighted by Crippen LogP contribution is 2.20. The van der Waals surface area contributed by atoms with E-state index in [0.29, 0.717) is 17.8 Å². The van der Waals surface area contributed by atoms with E-state index in [1.54, 1.807) is 6.07 Å². The van der Waals surface area contributed by atoms with Gasteiger partial charge in [0.1, 0.15) is 6.04 Å². The van der Waals surface area contributed by atoms with Crippen molar-refractivity contribution in [2.75, 3.05) is 0 Å². The molecule has 4 aromatic rings. The van der Waals surface area contributed by atoms with Gasteiger partial charge in [0.25, 0.3) is 5.91 Å². The Hall–Kier alpha value is -3.38. The number of rotatable bonds is 7. The fourth-order valence-electron chi connectivity index (χ4n) is 3.48. The molecule has 0 fully saturated rings. The van der Waals surface area contributed by atoms with Gasteiger partial charge >= 0.3 is 0 Å². The van der Waals surface area contributed by atoms with Crippen molar-refractivity contribution < 1.29 is 9.59 Å². The van der Waals surface area contributed by atoms with Gasteiger partial charge in [-0.2, -0.15) is 0 Å². The molecule has 152 valence electrons. The van der Waals surface area contributed by atoms with Gasteiger partial charge in [-0.15, -0.1) is 11.3 Å². The number of hydrogen-bond donors (Lipinski definition) is 3. The summed E-state index contributed by atoms with van der Waals surface area (Å²) in [6, 6.07) is 18.8. The zero-order valence-corrected chi connectivity index (χ0v) is 17.5. The number of amides is 2. The largest absolute Gasteiger partial charge is 0.361 e. The van der Waals surface area contributed by atoms with Gasteiger partial charge in [-0.05, 0) is 41.1 Å². The second kappa shape index (κ2) is 8.97. The lowest BCUT2D eigenvalue weighted by molar-refractivity contribution is -0.123. The molecule has 4 rings (SSSR count). The zero-order valence-electron chi connectivity index (χ0n) is 16.6. The van der Waals surface area contributed by atoms with Gasteiger partial charge in [0.05, 0.1) is 4.88 Å². The van der Waals surface area contributed by atoms with Crippen LogP contribution in [0.15, 0.2) is 72.2 Å². The topological polar surface area (TPSA) is 74.0 Å². The minimum absolute atomic E-state index is 0.201. The second-order valence-corrected chi connectivity index (χ2v) is 8.16. The molecule has 0 bridgehead atoms. The van der Waals surface area contributed by atoms with Crippen molar-refractivity contribution in [3.8, 4) is 0 Å². The van der Waals surface area contributed by atoms with E-state index >= 15 is 0 Å². The molecule has 0 aliphatic rings. The molecule has 0 saturated carbocycles. The molecule has 1 unspecified atom stereocenters. The lowest BCUT2D eigenvalue weighted by atomic mass is 10.0. The monoisotopic (exact) mass is 417 g/mol. The quantitative estimate of drug-likeness (QED) is 0.422. The molecule has 0 aliphatic carbocycles. The summed E-state index contributed by atoms with van der Waals surface area (Å²) in [5.74, 6) is -0.436.